The summed E-state index contributed by atoms with van der Waals surface area (Å²) >= 11 is 0. The molecule has 0 saturated carbocycles. The van der Waals surface area contributed by atoms with E-state index in [2.05, 4.69) is 45.0 Å². The Hall–Kier alpha value is -0.0800. The Labute approximate surface area is 83.7 Å². The van der Waals surface area contributed by atoms with Crippen LogP contribution in [-0.4, -0.2) is 37.1 Å². The van der Waals surface area contributed by atoms with Crippen molar-refractivity contribution >= 4 is 0 Å². The van der Waals surface area contributed by atoms with E-state index in [1.165, 1.54) is 12.8 Å². The molecule has 1 N–H and O–H groups in total. The second-order valence-electron chi connectivity index (χ2n) is 4.17. The first-order chi connectivity index (χ1) is 6.07. The lowest BCUT2D eigenvalue weighted by molar-refractivity contribution is 0.254. The van der Waals surface area contributed by atoms with Gasteiger partial charge < -0.3 is 10.2 Å². The Kier molecular flexibility index (Phi) is 7.29. The number of nitrogens with zero attached hydrogens (tertiary/aromatic N) is 1. The van der Waals surface area contributed by atoms with E-state index in [9.17, 15) is 0 Å². The largest absolute Gasteiger partial charge is 0.315 e. The van der Waals surface area contributed by atoms with Gasteiger partial charge in [-0.05, 0) is 39.9 Å². The Morgan fingerprint density at radius 1 is 1.23 bits per heavy atom. The van der Waals surface area contributed by atoms with Crippen molar-refractivity contribution in [1.82, 2.24) is 10.2 Å². The summed E-state index contributed by atoms with van der Waals surface area (Å²) in [5, 5.41) is 3.44. The van der Waals surface area contributed by atoms with E-state index in [1.54, 1.807) is 0 Å². The molecule has 0 amide bonds. The van der Waals surface area contributed by atoms with Crippen LogP contribution in [0.4, 0.5) is 0 Å². The Bertz CT molecular complexity index is 113. The summed E-state index contributed by atoms with van der Waals surface area (Å²) < 4.78 is 0. The molecule has 0 bridgehead atoms. The van der Waals surface area contributed by atoms with Gasteiger partial charge in [-0.1, -0.05) is 20.8 Å². The standard InChI is InChI=1S/C11H26N2/c1-6-13(5)11(4)8-7-9-12-10(2)3/h10-12H,6-9H2,1-5H3. The molecule has 0 fully saturated rings. The van der Waals surface area contributed by atoms with E-state index in [0.717, 1.165) is 19.1 Å². The molecule has 80 valence electrons. The van der Waals surface area contributed by atoms with Crippen molar-refractivity contribution in [1.29, 1.82) is 0 Å². The molecule has 0 radical (unpaired) electrons. The molecule has 0 aromatic carbocycles. The highest BCUT2D eigenvalue weighted by Crippen LogP contribution is 2.02. The van der Waals surface area contributed by atoms with Gasteiger partial charge in [0.15, 0.2) is 0 Å². The molecule has 0 rings (SSSR count). The Morgan fingerprint density at radius 3 is 2.31 bits per heavy atom. The molecular weight excluding hydrogens is 160 g/mol. The minimum Gasteiger partial charge on any atom is -0.315 e. The lowest BCUT2D eigenvalue weighted by Crippen LogP contribution is -2.30. The van der Waals surface area contributed by atoms with Gasteiger partial charge in [-0.15, -0.1) is 0 Å². The van der Waals surface area contributed by atoms with Gasteiger partial charge in [0.2, 0.25) is 0 Å². The molecule has 0 aliphatic rings. The summed E-state index contributed by atoms with van der Waals surface area (Å²) in [5.74, 6) is 0. The molecule has 1 unspecified atom stereocenters. The van der Waals surface area contributed by atoms with Crippen LogP contribution in [0.1, 0.15) is 40.5 Å². The number of nitrogens with one attached hydrogen (secondary N) is 1. The highest BCUT2D eigenvalue weighted by atomic mass is 15.1. The first-order valence-corrected chi connectivity index (χ1v) is 5.51. The van der Waals surface area contributed by atoms with E-state index in [-0.39, 0.29) is 0 Å². The highest BCUT2D eigenvalue weighted by molar-refractivity contribution is 4.63. The maximum atomic E-state index is 3.44. The van der Waals surface area contributed by atoms with Gasteiger partial charge >= 0.3 is 0 Å². The van der Waals surface area contributed by atoms with Crippen LogP contribution in [0.25, 0.3) is 0 Å². The summed E-state index contributed by atoms with van der Waals surface area (Å²) in [4.78, 5) is 2.40. The summed E-state index contributed by atoms with van der Waals surface area (Å²) in [6.45, 7) is 11.2. The SMILES string of the molecule is CCN(C)C(C)CCCNC(C)C. The predicted molar refractivity (Wildman–Crippen MR) is 60.1 cm³/mol. The van der Waals surface area contributed by atoms with Gasteiger partial charge in [-0.25, -0.2) is 0 Å². The Morgan fingerprint density at radius 2 is 1.85 bits per heavy atom. The highest BCUT2D eigenvalue weighted by Gasteiger charge is 2.05. The lowest BCUT2D eigenvalue weighted by Gasteiger charge is -2.23. The predicted octanol–water partition coefficient (Wildman–Crippen LogP) is 2.10. The second-order valence-corrected chi connectivity index (χ2v) is 4.17. The zero-order valence-electron chi connectivity index (χ0n) is 9.93. The summed E-state index contributed by atoms with van der Waals surface area (Å²) in [7, 11) is 2.19. The smallest absolute Gasteiger partial charge is 0.00642 e. The zero-order chi connectivity index (χ0) is 10.3. The van der Waals surface area contributed by atoms with Crippen molar-refractivity contribution in [3.8, 4) is 0 Å². The van der Waals surface area contributed by atoms with E-state index in [4.69, 9.17) is 0 Å². The third kappa shape index (κ3) is 7.03. The molecule has 0 aliphatic carbocycles. The molecule has 2 heteroatoms. The molecule has 0 aliphatic heterocycles. The maximum absolute atomic E-state index is 3.44. The van der Waals surface area contributed by atoms with E-state index in [1.807, 2.05) is 0 Å². The van der Waals surface area contributed by atoms with E-state index in [0.29, 0.717) is 6.04 Å². The van der Waals surface area contributed by atoms with Crippen molar-refractivity contribution < 1.29 is 0 Å². The molecule has 0 heterocycles. The average molecular weight is 186 g/mol. The lowest BCUT2D eigenvalue weighted by atomic mass is 10.1. The second kappa shape index (κ2) is 7.34. The van der Waals surface area contributed by atoms with Crippen LogP contribution in [-0.2, 0) is 0 Å². The van der Waals surface area contributed by atoms with Gasteiger partial charge in [0.1, 0.15) is 0 Å². The summed E-state index contributed by atoms with van der Waals surface area (Å²) in [6, 6.07) is 1.35. The molecular formula is C11H26N2. The molecule has 0 aromatic rings. The van der Waals surface area contributed by atoms with Crippen molar-refractivity contribution in [2.45, 2.75) is 52.6 Å². The fourth-order valence-electron chi connectivity index (χ4n) is 1.32. The quantitative estimate of drug-likeness (QED) is 0.613. The van der Waals surface area contributed by atoms with Crippen molar-refractivity contribution in [2.24, 2.45) is 0 Å². The van der Waals surface area contributed by atoms with Crippen molar-refractivity contribution in [3.05, 3.63) is 0 Å². The third-order valence-corrected chi connectivity index (χ3v) is 2.60. The maximum Gasteiger partial charge on any atom is 0.00642 e. The van der Waals surface area contributed by atoms with Crippen molar-refractivity contribution in [3.63, 3.8) is 0 Å². The van der Waals surface area contributed by atoms with Gasteiger partial charge in [-0.2, -0.15) is 0 Å². The zero-order valence-corrected chi connectivity index (χ0v) is 9.93. The average Bonchev–Trinajstić information content (AvgIpc) is 2.10. The van der Waals surface area contributed by atoms with Crippen LogP contribution in [0, 0.1) is 0 Å². The molecule has 0 saturated heterocycles. The minimum atomic E-state index is 0.624. The van der Waals surface area contributed by atoms with Gasteiger partial charge in [0.25, 0.3) is 0 Å². The van der Waals surface area contributed by atoms with Crippen LogP contribution in [0.2, 0.25) is 0 Å². The molecule has 0 spiro atoms. The van der Waals surface area contributed by atoms with Gasteiger partial charge in [0.05, 0.1) is 0 Å². The molecule has 2 nitrogen and oxygen atoms in total. The fourth-order valence-corrected chi connectivity index (χ4v) is 1.32. The fraction of sp³-hybridized carbons (Fsp3) is 1.00. The number of rotatable bonds is 7. The summed E-state index contributed by atoms with van der Waals surface area (Å²) in [6.07, 6.45) is 2.58. The monoisotopic (exact) mass is 186 g/mol. The normalized spacial score (nSPS) is 14.1. The number of hydrogen-bond donors (Lipinski definition) is 1. The van der Waals surface area contributed by atoms with Crippen LogP contribution >= 0.6 is 0 Å². The van der Waals surface area contributed by atoms with Crippen LogP contribution < -0.4 is 5.32 Å². The minimum absolute atomic E-state index is 0.624. The first kappa shape index (κ1) is 12.9. The molecule has 1 atom stereocenters. The van der Waals surface area contributed by atoms with Crippen LogP contribution in [0.3, 0.4) is 0 Å². The summed E-state index contributed by atoms with van der Waals surface area (Å²) in [5.41, 5.74) is 0. The third-order valence-electron chi connectivity index (χ3n) is 2.60. The van der Waals surface area contributed by atoms with Crippen molar-refractivity contribution in [2.75, 3.05) is 20.1 Å². The molecule has 0 aromatic heterocycles. The van der Waals surface area contributed by atoms with E-state index < -0.39 is 0 Å². The first-order valence-electron chi connectivity index (χ1n) is 5.51. The van der Waals surface area contributed by atoms with Gasteiger partial charge in [-0.3, -0.25) is 0 Å². The number of hydrogen-bond acceptors (Lipinski definition) is 2. The molecule has 13 heavy (non-hydrogen) atoms. The van der Waals surface area contributed by atoms with E-state index >= 15 is 0 Å². The van der Waals surface area contributed by atoms with Crippen LogP contribution in [0.15, 0.2) is 0 Å². The van der Waals surface area contributed by atoms with Gasteiger partial charge in [0, 0.05) is 12.1 Å². The van der Waals surface area contributed by atoms with Crippen LogP contribution in [0.5, 0.6) is 0 Å². The Balaban J connectivity index is 3.31. The topological polar surface area (TPSA) is 15.3 Å².